The molecule has 3 aromatic carbocycles. The highest BCUT2D eigenvalue weighted by atomic mass is 35.5. The van der Waals surface area contributed by atoms with Crippen LogP contribution >= 0.6 is 23.4 Å². The summed E-state index contributed by atoms with van der Waals surface area (Å²) < 4.78 is 15.7. The van der Waals surface area contributed by atoms with E-state index < -0.39 is 5.25 Å². The third-order valence-electron chi connectivity index (χ3n) is 4.84. The number of benzene rings is 3. The molecule has 9 heteroatoms. The zero-order valence-corrected chi connectivity index (χ0v) is 20.8. The first kappa shape index (κ1) is 25.3. The number of halogens is 1. The fourth-order valence-corrected chi connectivity index (χ4v) is 4.23. The van der Waals surface area contributed by atoms with E-state index in [-0.39, 0.29) is 11.8 Å². The molecule has 0 fully saturated rings. The molecule has 0 radical (unpaired) electrons. The summed E-state index contributed by atoms with van der Waals surface area (Å²) in [5.74, 6) is 1.01. The van der Waals surface area contributed by atoms with Gasteiger partial charge in [-0.1, -0.05) is 23.7 Å². The highest BCUT2D eigenvalue weighted by molar-refractivity contribution is 8.00. The number of carbonyl (C=O) groups excluding carboxylic acids is 2. The molecule has 0 heterocycles. The van der Waals surface area contributed by atoms with Crippen LogP contribution in [0.5, 0.6) is 17.2 Å². The van der Waals surface area contributed by atoms with Crippen LogP contribution in [0.1, 0.15) is 17.3 Å². The zero-order valence-electron chi connectivity index (χ0n) is 19.2. The topological polar surface area (TPSA) is 85.9 Å². The summed E-state index contributed by atoms with van der Waals surface area (Å²) in [6, 6.07) is 17.4. The van der Waals surface area contributed by atoms with E-state index in [1.807, 2.05) is 18.2 Å². The van der Waals surface area contributed by atoms with Crippen molar-refractivity contribution in [1.29, 1.82) is 0 Å². The van der Waals surface area contributed by atoms with Crippen LogP contribution in [0.25, 0.3) is 0 Å². The first-order chi connectivity index (χ1) is 16.3. The number of hydrogen-bond acceptors (Lipinski definition) is 6. The molecule has 7 nitrogen and oxygen atoms in total. The Morgan fingerprint density at radius 1 is 0.882 bits per heavy atom. The van der Waals surface area contributed by atoms with Gasteiger partial charge in [0.1, 0.15) is 17.2 Å². The molecule has 0 aliphatic heterocycles. The van der Waals surface area contributed by atoms with E-state index in [4.69, 9.17) is 25.8 Å². The third kappa shape index (κ3) is 6.36. The lowest BCUT2D eigenvalue weighted by molar-refractivity contribution is -0.115. The van der Waals surface area contributed by atoms with Crippen molar-refractivity contribution in [3.8, 4) is 17.2 Å². The number of methoxy groups -OCH3 is 3. The van der Waals surface area contributed by atoms with Crippen molar-refractivity contribution in [3.05, 3.63) is 71.2 Å². The quantitative estimate of drug-likeness (QED) is 0.364. The summed E-state index contributed by atoms with van der Waals surface area (Å²) in [4.78, 5) is 26.2. The smallest absolute Gasteiger partial charge is 0.255 e. The van der Waals surface area contributed by atoms with Gasteiger partial charge in [0.05, 0.1) is 37.3 Å². The number of amides is 2. The van der Waals surface area contributed by atoms with E-state index in [2.05, 4.69) is 10.6 Å². The first-order valence-electron chi connectivity index (χ1n) is 10.3. The average Bonchev–Trinajstić information content (AvgIpc) is 2.84. The van der Waals surface area contributed by atoms with Crippen LogP contribution in [0, 0.1) is 0 Å². The number of anilines is 2. The Morgan fingerprint density at radius 2 is 1.62 bits per heavy atom. The third-order valence-corrected chi connectivity index (χ3v) is 6.23. The van der Waals surface area contributed by atoms with Crippen LogP contribution in [-0.4, -0.2) is 38.4 Å². The molecule has 1 atom stereocenters. The molecule has 0 aliphatic rings. The molecule has 3 aromatic rings. The Balaban J connectivity index is 1.67. The Hall–Kier alpha value is -3.36. The van der Waals surface area contributed by atoms with E-state index >= 15 is 0 Å². The second-order valence-corrected chi connectivity index (χ2v) is 8.97. The van der Waals surface area contributed by atoms with Gasteiger partial charge in [-0.05, 0) is 49.4 Å². The van der Waals surface area contributed by atoms with Crippen LogP contribution in [-0.2, 0) is 4.79 Å². The van der Waals surface area contributed by atoms with Crippen molar-refractivity contribution in [3.63, 3.8) is 0 Å². The van der Waals surface area contributed by atoms with Gasteiger partial charge in [-0.25, -0.2) is 0 Å². The minimum Gasteiger partial charge on any atom is -0.497 e. The molecular formula is C25H25ClN2O5S. The van der Waals surface area contributed by atoms with Crippen molar-refractivity contribution in [2.75, 3.05) is 32.0 Å². The van der Waals surface area contributed by atoms with Gasteiger partial charge in [-0.2, -0.15) is 0 Å². The van der Waals surface area contributed by atoms with E-state index in [1.54, 1.807) is 56.5 Å². The van der Waals surface area contributed by atoms with Gasteiger partial charge in [-0.15, -0.1) is 11.8 Å². The Labute approximate surface area is 207 Å². The van der Waals surface area contributed by atoms with Gasteiger partial charge in [0, 0.05) is 22.2 Å². The summed E-state index contributed by atoms with van der Waals surface area (Å²) in [6.45, 7) is 1.79. The molecule has 2 amide bonds. The Bertz CT molecular complexity index is 1190. The first-order valence-corrected chi connectivity index (χ1v) is 11.5. The van der Waals surface area contributed by atoms with Crippen molar-refractivity contribution in [2.24, 2.45) is 0 Å². The summed E-state index contributed by atoms with van der Waals surface area (Å²) in [5.41, 5.74) is 1.55. The molecule has 0 aromatic heterocycles. The van der Waals surface area contributed by atoms with Gasteiger partial charge in [0.2, 0.25) is 5.91 Å². The maximum atomic E-state index is 12.8. The predicted octanol–water partition coefficient (Wildman–Crippen LogP) is 5.74. The molecule has 0 aliphatic carbocycles. The normalized spacial score (nSPS) is 11.3. The summed E-state index contributed by atoms with van der Waals surface area (Å²) in [6.07, 6.45) is 0. The maximum Gasteiger partial charge on any atom is 0.255 e. The molecule has 0 saturated heterocycles. The number of rotatable bonds is 9. The summed E-state index contributed by atoms with van der Waals surface area (Å²) >= 11 is 7.55. The number of ether oxygens (including phenoxy) is 3. The zero-order chi connectivity index (χ0) is 24.7. The highest BCUT2D eigenvalue weighted by Crippen LogP contribution is 2.36. The average molecular weight is 501 g/mol. The summed E-state index contributed by atoms with van der Waals surface area (Å²) in [5, 5.41) is 5.64. The van der Waals surface area contributed by atoms with Crippen molar-refractivity contribution < 1.29 is 23.8 Å². The maximum absolute atomic E-state index is 12.8. The molecule has 2 N–H and O–H groups in total. The van der Waals surface area contributed by atoms with Crippen molar-refractivity contribution in [1.82, 2.24) is 0 Å². The molecule has 0 spiro atoms. The second-order valence-electron chi connectivity index (χ2n) is 7.15. The van der Waals surface area contributed by atoms with Crippen LogP contribution in [0.15, 0.2) is 65.6 Å². The fourth-order valence-electron chi connectivity index (χ4n) is 3.06. The van der Waals surface area contributed by atoms with Gasteiger partial charge >= 0.3 is 0 Å². The standard InChI is InChI=1S/C25H25ClN2O5S/c1-15(24(29)28-21-13-20(26)22(32-3)14-23(21)33-4)34-19-10-6-8-17(12-19)27-25(30)16-7-5-9-18(11-16)31-2/h5-15H,1-4H3,(H,27,30)(H,28,29). The SMILES string of the molecule is COc1cccc(C(=O)Nc2cccc(SC(C)C(=O)Nc3cc(Cl)c(OC)cc3OC)c2)c1. The number of nitrogens with one attached hydrogen (secondary N) is 2. The minimum absolute atomic E-state index is 0.227. The van der Waals surface area contributed by atoms with Crippen LogP contribution in [0.3, 0.4) is 0 Å². The van der Waals surface area contributed by atoms with E-state index in [1.165, 1.54) is 26.0 Å². The molecule has 34 heavy (non-hydrogen) atoms. The lowest BCUT2D eigenvalue weighted by Crippen LogP contribution is -2.22. The van der Waals surface area contributed by atoms with Crippen LogP contribution in [0.2, 0.25) is 5.02 Å². The minimum atomic E-state index is -0.435. The largest absolute Gasteiger partial charge is 0.497 e. The Kier molecular flexibility index (Phi) is 8.67. The highest BCUT2D eigenvalue weighted by Gasteiger charge is 2.18. The molecule has 178 valence electrons. The van der Waals surface area contributed by atoms with Gasteiger partial charge in [-0.3, -0.25) is 9.59 Å². The molecule has 0 bridgehead atoms. The molecular weight excluding hydrogens is 476 g/mol. The molecule has 0 saturated carbocycles. The lowest BCUT2D eigenvalue weighted by Gasteiger charge is -2.16. The van der Waals surface area contributed by atoms with Gasteiger partial charge in [0.25, 0.3) is 5.91 Å². The molecule has 1 unspecified atom stereocenters. The number of thioether (sulfide) groups is 1. The number of carbonyl (C=O) groups is 2. The van der Waals surface area contributed by atoms with Gasteiger partial charge in [0.15, 0.2) is 0 Å². The lowest BCUT2D eigenvalue weighted by atomic mass is 10.2. The van der Waals surface area contributed by atoms with Crippen molar-refractivity contribution in [2.45, 2.75) is 17.1 Å². The van der Waals surface area contributed by atoms with Crippen LogP contribution in [0.4, 0.5) is 11.4 Å². The summed E-state index contributed by atoms with van der Waals surface area (Å²) in [7, 11) is 4.56. The number of hydrogen-bond donors (Lipinski definition) is 2. The predicted molar refractivity (Wildman–Crippen MR) is 136 cm³/mol. The van der Waals surface area contributed by atoms with Crippen LogP contribution < -0.4 is 24.8 Å². The van der Waals surface area contributed by atoms with E-state index in [0.717, 1.165) is 4.90 Å². The van der Waals surface area contributed by atoms with Gasteiger partial charge < -0.3 is 24.8 Å². The second kappa shape index (κ2) is 11.7. The van der Waals surface area contributed by atoms with E-state index in [0.29, 0.717) is 39.2 Å². The van der Waals surface area contributed by atoms with Crippen molar-refractivity contribution >= 4 is 46.6 Å². The van der Waals surface area contributed by atoms with E-state index in [9.17, 15) is 9.59 Å². The Morgan fingerprint density at radius 3 is 2.32 bits per heavy atom. The monoisotopic (exact) mass is 500 g/mol. The fraction of sp³-hybridized carbons (Fsp3) is 0.200. The molecule has 3 rings (SSSR count).